The van der Waals surface area contributed by atoms with Gasteiger partial charge in [0.15, 0.2) is 5.16 Å². The Bertz CT molecular complexity index is 672. The second kappa shape index (κ2) is 6.73. The number of aliphatic carboxylic acids is 1. The summed E-state index contributed by atoms with van der Waals surface area (Å²) in [7, 11) is -0.905. The second-order valence-electron chi connectivity index (χ2n) is 4.14. The number of fused-ring (bicyclic) bond motifs is 1. The smallest absolute Gasteiger partial charge is 0.313 e. The number of rotatable bonds is 6. The molecule has 0 aliphatic carbocycles. The van der Waals surface area contributed by atoms with Crippen molar-refractivity contribution in [3.63, 3.8) is 0 Å². The molecule has 1 aromatic heterocycles. The van der Waals surface area contributed by atoms with E-state index in [0.29, 0.717) is 17.5 Å². The fraction of sp³-hybridized carbons (Fsp3) is 0.333. The van der Waals surface area contributed by atoms with Crippen LogP contribution in [0.2, 0.25) is 0 Å². The summed E-state index contributed by atoms with van der Waals surface area (Å²) >= 11 is 4.59. The predicted octanol–water partition coefficient (Wildman–Crippen LogP) is 2.35. The van der Waals surface area contributed by atoms with Gasteiger partial charge in [-0.05, 0) is 18.2 Å². The summed E-state index contributed by atoms with van der Waals surface area (Å²) in [6.07, 6.45) is 1.65. The molecule has 8 heteroatoms. The van der Waals surface area contributed by atoms with Crippen LogP contribution in [0.1, 0.15) is 0 Å². The lowest BCUT2D eigenvalue weighted by molar-refractivity contribution is -0.133. The van der Waals surface area contributed by atoms with E-state index in [1.165, 1.54) is 11.8 Å². The Morgan fingerprint density at radius 2 is 2.30 bits per heavy atom. The van der Waals surface area contributed by atoms with E-state index in [0.717, 1.165) is 15.5 Å². The molecule has 0 aliphatic heterocycles. The number of carboxylic acids is 1. The lowest BCUT2D eigenvalue weighted by atomic mass is 10.3. The quantitative estimate of drug-likeness (QED) is 0.783. The van der Waals surface area contributed by atoms with E-state index in [9.17, 15) is 9.00 Å². The normalized spacial score (nSPS) is 12.7. The third kappa shape index (κ3) is 3.83. The van der Waals surface area contributed by atoms with Crippen LogP contribution >= 0.6 is 27.7 Å². The summed E-state index contributed by atoms with van der Waals surface area (Å²) in [4.78, 5) is 15.2. The zero-order valence-corrected chi connectivity index (χ0v) is 13.9. The molecule has 2 rings (SSSR count). The number of hydrogen-bond donors (Lipinski definition) is 1. The maximum atomic E-state index is 11.3. The van der Waals surface area contributed by atoms with Crippen LogP contribution in [0.25, 0.3) is 11.0 Å². The number of aromatic nitrogens is 2. The standard InChI is InChI=1S/C12H13BrN2O3S2/c1-20(18)5-4-15-10-6-8(13)2-3-9(10)14-12(15)19-7-11(16)17/h2-3,6H,4-5,7H2,1H3,(H,16,17). The van der Waals surface area contributed by atoms with Gasteiger partial charge in [0.2, 0.25) is 0 Å². The van der Waals surface area contributed by atoms with E-state index < -0.39 is 16.8 Å². The number of carboxylic acid groups (broad SMARTS) is 1. The van der Waals surface area contributed by atoms with Gasteiger partial charge in [0.05, 0.1) is 16.8 Å². The lowest BCUT2D eigenvalue weighted by Gasteiger charge is -2.07. The van der Waals surface area contributed by atoms with E-state index in [2.05, 4.69) is 20.9 Å². The number of nitrogens with zero attached hydrogens (tertiary/aromatic N) is 2. The molecule has 0 amide bonds. The molecule has 2 aromatic rings. The average molecular weight is 377 g/mol. The highest BCUT2D eigenvalue weighted by molar-refractivity contribution is 9.10. The first-order chi connectivity index (χ1) is 9.47. The number of carbonyl (C=O) groups is 1. The van der Waals surface area contributed by atoms with Crippen LogP contribution in [-0.2, 0) is 22.1 Å². The van der Waals surface area contributed by atoms with Crippen molar-refractivity contribution in [1.29, 1.82) is 0 Å². The van der Waals surface area contributed by atoms with Gasteiger partial charge in [0, 0.05) is 33.8 Å². The summed E-state index contributed by atoms with van der Waals surface area (Å²) in [5.74, 6) is -0.410. The highest BCUT2D eigenvalue weighted by Gasteiger charge is 2.13. The maximum Gasteiger partial charge on any atom is 0.313 e. The second-order valence-corrected chi connectivity index (χ2v) is 7.55. The van der Waals surface area contributed by atoms with Crippen molar-refractivity contribution < 1.29 is 14.1 Å². The first kappa shape index (κ1) is 15.5. The minimum absolute atomic E-state index is 0.0420. The zero-order valence-electron chi connectivity index (χ0n) is 10.7. The SMILES string of the molecule is CS(=O)CCn1c(SCC(=O)O)nc2ccc(Br)cc21. The van der Waals surface area contributed by atoms with Crippen LogP contribution in [0.4, 0.5) is 0 Å². The molecule has 1 aromatic carbocycles. The topological polar surface area (TPSA) is 72.2 Å². The predicted molar refractivity (Wildman–Crippen MR) is 84.7 cm³/mol. The molecule has 1 heterocycles. The van der Waals surface area contributed by atoms with E-state index in [4.69, 9.17) is 5.11 Å². The van der Waals surface area contributed by atoms with E-state index in [-0.39, 0.29) is 5.75 Å². The van der Waals surface area contributed by atoms with Gasteiger partial charge in [-0.25, -0.2) is 4.98 Å². The molecule has 0 spiro atoms. The molecule has 1 unspecified atom stereocenters. The molecule has 0 saturated heterocycles. The first-order valence-corrected chi connectivity index (χ1v) is 9.28. The summed E-state index contributed by atoms with van der Waals surface area (Å²) in [6.45, 7) is 0.554. The number of benzene rings is 1. The van der Waals surface area contributed by atoms with Gasteiger partial charge < -0.3 is 9.67 Å². The zero-order chi connectivity index (χ0) is 14.7. The van der Waals surface area contributed by atoms with Gasteiger partial charge in [0.1, 0.15) is 0 Å². The van der Waals surface area contributed by atoms with Crippen LogP contribution in [0.15, 0.2) is 27.8 Å². The third-order valence-electron chi connectivity index (χ3n) is 2.60. The van der Waals surface area contributed by atoms with Crippen molar-refractivity contribution >= 4 is 55.5 Å². The summed E-state index contributed by atoms with van der Waals surface area (Å²) in [5.41, 5.74) is 1.72. The minimum Gasteiger partial charge on any atom is -0.481 e. The van der Waals surface area contributed by atoms with Crippen LogP contribution in [0.5, 0.6) is 0 Å². The Kier molecular flexibility index (Phi) is 5.22. The molecule has 108 valence electrons. The molecule has 0 fully saturated rings. The number of imidazole rings is 1. The van der Waals surface area contributed by atoms with Gasteiger partial charge in [-0.15, -0.1) is 0 Å². The number of aryl methyl sites for hydroxylation is 1. The largest absolute Gasteiger partial charge is 0.481 e. The highest BCUT2D eigenvalue weighted by Crippen LogP contribution is 2.26. The van der Waals surface area contributed by atoms with Crippen LogP contribution in [-0.4, -0.2) is 42.6 Å². The molecule has 0 bridgehead atoms. The average Bonchev–Trinajstić information content (AvgIpc) is 2.71. The van der Waals surface area contributed by atoms with Gasteiger partial charge in [-0.1, -0.05) is 27.7 Å². The number of thioether (sulfide) groups is 1. The van der Waals surface area contributed by atoms with Gasteiger partial charge in [-0.2, -0.15) is 0 Å². The Labute approximate surface area is 131 Å². The molecular weight excluding hydrogens is 364 g/mol. The summed E-state index contributed by atoms with van der Waals surface area (Å²) in [6, 6.07) is 5.71. The Hall–Kier alpha value is -0.860. The number of halogens is 1. The maximum absolute atomic E-state index is 11.3. The van der Waals surface area contributed by atoms with Gasteiger partial charge in [0.25, 0.3) is 0 Å². The molecule has 1 N–H and O–H groups in total. The lowest BCUT2D eigenvalue weighted by Crippen LogP contribution is -2.08. The van der Waals surface area contributed by atoms with Crippen molar-refractivity contribution in [2.75, 3.05) is 17.8 Å². The van der Waals surface area contributed by atoms with Crippen molar-refractivity contribution in [3.05, 3.63) is 22.7 Å². The van der Waals surface area contributed by atoms with E-state index >= 15 is 0 Å². The van der Waals surface area contributed by atoms with Crippen molar-refractivity contribution in [2.24, 2.45) is 0 Å². The molecule has 0 aliphatic rings. The molecule has 0 radical (unpaired) electrons. The van der Waals surface area contributed by atoms with E-state index in [1.807, 2.05) is 22.8 Å². The Morgan fingerprint density at radius 1 is 1.55 bits per heavy atom. The molecule has 5 nitrogen and oxygen atoms in total. The van der Waals surface area contributed by atoms with Gasteiger partial charge in [-0.3, -0.25) is 9.00 Å². The van der Waals surface area contributed by atoms with Crippen LogP contribution in [0.3, 0.4) is 0 Å². The van der Waals surface area contributed by atoms with Crippen LogP contribution < -0.4 is 0 Å². The fourth-order valence-corrected chi connectivity index (χ4v) is 3.30. The van der Waals surface area contributed by atoms with E-state index in [1.54, 1.807) is 6.26 Å². The fourth-order valence-electron chi connectivity index (χ4n) is 1.75. The highest BCUT2D eigenvalue weighted by atomic mass is 79.9. The van der Waals surface area contributed by atoms with Crippen molar-refractivity contribution in [3.8, 4) is 0 Å². The minimum atomic E-state index is -0.905. The first-order valence-electron chi connectivity index (χ1n) is 5.78. The van der Waals surface area contributed by atoms with Crippen molar-refractivity contribution in [2.45, 2.75) is 11.7 Å². The molecule has 1 atom stereocenters. The van der Waals surface area contributed by atoms with Crippen molar-refractivity contribution in [1.82, 2.24) is 9.55 Å². The summed E-state index contributed by atoms with van der Waals surface area (Å²) < 4.78 is 14.1. The monoisotopic (exact) mass is 376 g/mol. The summed E-state index contributed by atoms with van der Waals surface area (Å²) in [5, 5.41) is 9.43. The molecule has 20 heavy (non-hydrogen) atoms. The third-order valence-corrected chi connectivity index (χ3v) is 4.81. The number of hydrogen-bond acceptors (Lipinski definition) is 4. The van der Waals surface area contributed by atoms with Gasteiger partial charge >= 0.3 is 5.97 Å². The molecule has 0 saturated carbocycles. The van der Waals surface area contributed by atoms with Crippen LogP contribution in [0, 0.1) is 0 Å². The molecular formula is C12H13BrN2O3S2. The Balaban J connectivity index is 2.40. The Morgan fingerprint density at radius 3 is 2.95 bits per heavy atom.